The number of H-pyrrole nitrogens is 2. The molecule has 0 saturated carbocycles. The van der Waals surface area contributed by atoms with E-state index in [1.54, 1.807) is 24.0 Å². The summed E-state index contributed by atoms with van der Waals surface area (Å²) in [6.07, 6.45) is 3.32. The molecule has 0 aliphatic carbocycles. The molecule has 2 aromatic rings. The van der Waals surface area contributed by atoms with Crippen molar-refractivity contribution in [3.63, 3.8) is 0 Å². The maximum atomic E-state index is 11.0. The molecule has 0 saturated heterocycles. The molecule has 0 aromatic carbocycles. The number of nitrogens with one attached hydrogen (secondary N) is 2. The van der Waals surface area contributed by atoms with Crippen LogP contribution < -0.4 is 11.2 Å². The molecule has 0 bridgehead atoms. The summed E-state index contributed by atoms with van der Waals surface area (Å²) in [7, 11) is 1.78. The van der Waals surface area contributed by atoms with Gasteiger partial charge in [-0.15, -0.1) is 0 Å². The number of aromatic amines is 2. The Hall–Kier alpha value is -2.11. The third kappa shape index (κ3) is 1.37. The van der Waals surface area contributed by atoms with Crippen LogP contribution in [-0.2, 0) is 7.05 Å². The van der Waals surface area contributed by atoms with Crippen LogP contribution in [0.5, 0.6) is 0 Å². The predicted octanol–water partition coefficient (Wildman–Crippen LogP) is -0.536. The molecule has 2 aromatic heterocycles. The highest BCUT2D eigenvalue weighted by molar-refractivity contribution is 5.48. The molecule has 2 heterocycles. The minimum atomic E-state index is -0.532. The van der Waals surface area contributed by atoms with Crippen LogP contribution >= 0.6 is 0 Å². The van der Waals surface area contributed by atoms with Crippen molar-refractivity contribution in [1.82, 2.24) is 19.5 Å². The van der Waals surface area contributed by atoms with Gasteiger partial charge in [-0.1, -0.05) is 0 Å². The van der Waals surface area contributed by atoms with E-state index in [0.717, 1.165) is 0 Å². The highest BCUT2D eigenvalue weighted by atomic mass is 16.2. The maximum Gasteiger partial charge on any atom is 0.326 e. The molecule has 72 valence electrons. The summed E-state index contributed by atoms with van der Waals surface area (Å²) in [5.41, 5.74) is -0.562. The molecule has 0 aliphatic heterocycles. The van der Waals surface area contributed by atoms with Gasteiger partial charge in [-0.3, -0.25) is 9.78 Å². The van der Waals surface area contributed by atoms with Crippen LogP contribution in [0, 0.1) is 0 Å². The fourth-order valence-corrected chi connectivity index (χ4v) is 1.21. The van der Waals surface area contributed by atoms with Crippen molar-refractivity contribution >= 4 is 0 Å². The zero-order chi connectivity index (χ0) is 10.1. The van der Waals surface area contributed by atoms with E-state index in [9.17, 15) is 9.59 Å². The lowest BCUT2D eigenvalue weighted by molar-refractivity contribution is 0.907. The monoisotopic (exact) mass is 192 g/mol. The molecular weight excluding hydrogens is 184 g/mol. The van der Waals surface area contributed by atoms with Crippen LogP contribution in [0.4, 0.5) is 0 Å². The van der Waals surface area contributed by atoms with Gasteiger partial charge in [0.05, 0.1) is 5.69 Å². The number of imidazole rings is 1. The van der Waals surface area contributed by atoms with Gasteiger partial charge in [0.2, 0.25) is 0 Å². The summed E-state index contributed by atoms with van der Waals surface area (Å²) in [6, 6.07) is 1.30. The largest absolute Gasteiger partial charge is 0.333 e. The Morgan fingerprint density at radius 2 is 2.14 bits per heavy atom. The first kappa shape index (κ1) is 8.49. The van der Waals surface area contributed by atoms with E-state index in [-0.39, 0.29) is 0 Å². The van der Waals surface area contributed by atoms with E-state index in [4.69, 9.17) is 0 Å². The van der Waals surface area contributed by atoms with Crippen LogP contribution in [0.25, 0.3) is 11.5 Å². The fourth-order valence-electron chi connectivity index (χ4n) is 1.21. The van der Waals surface area contributed by atoms with E-state index in [0.29, 0.717) is 11.5 Å². The molecule has 0 radical (unpaired) electrons. The van der Waals surface area contributed by atoms with Crippen LogP contribution in [0.15, 0.2) is 28.0 Å². The highest BCUT2D eigenvalue weighted by Crippen LogP contribution is 2.08. The molecule has 2 rings (SSSR count). The first-order valence-electron chi connectivity index (χ1n) is 3.98. The summed E-state index contributed by atoms with van der Waals surface area (Å²) in [5, 5.41) is 0. The molecule has 0 unspecified atom stereocenters. The van der Waals surface area contributed by atoms with E-state index in [1.165, 1.54) is 6.07 Å². The van der Waals surface area contributed by atoms with Gasteiger partial charge in [0.1, 0.15) is 0 Å². The highest BCUT2D eigenvalue weighted by Gasteiger charge is 2.04. The van der Waals surface area contributed by atoms with Gasteiger partial charge in [0.25, 0.3) is 5.56 Å². The summed E-state index contributed by atoms with van der Waals surface area (Å²) >= 11 is 0. The van der Waals surface area contributed by atoms with Crippen LogP contribution in [-0.4, -0.2) is 19.5 Å². The quantitative estimate of drug-likeness (QED) is 0.636. The van der Waals surface area contributed by atoms with Gasteiger partial charge in [0.15, 0.2) is 5.82 Å². The lowest BCUT2D eigenvalue weighted by Gasteiger charge is -1.99. The number of rotatable bonds is 1. The second-order valence-corrected chi connectivity index (χ2v) is 2.86. The standard InChI is InChI=1S/C8H8N4O2/c1-12-3-2-9-7(12)5-4-6(13)11-8(14)10-5/h2-4H,1H3,(H2,10,11,13,14). The van der Waals surface area contributed by atoms with E-state index < -0.39 is 11.2 Å². The Morgan fingerprint density at radius 1 is 1.36 bits per heavy atom. The molecule has 0 atom stereocenters. The third-order valence-corrected chi connectivity index (χ3v) is 1.82. The van der Waals surface area contributed by atoms with Crippen LogP contribution in [0.3, 0.4) is 0 Å². The van der Waals surface area contributed by atoms with Crippen molar-refractivity contribution in [2.45, 2.75) is 0 Å². The lowest BCUT2D eigenvalue weighted by atomic mass is 10.4. The summed E-state index contributed by atoms with van der Waals surface area (Å²) in [6.45, 7) is 0. The maximum absolute atomic E-state index is 11.0. The molecule has 0 fully saturated rings. The summed E-state index contributed by atoms with van der Waals surface area (Å²) < 4.78 is 1.71. The molecule has 6 nitrogen and oxygen atoms in total. The van der Waals surface area contributed by atoms with Crippen LogP contribution in [0.1, 0.15) is 0 Å². The average molecular weight is 192 g/mol. The molecule has 2 N–H and O–H groups in total. The van der Waals surface area contributed by atoms with Crippen molar-refractivity contribution in [3.05, 3.63) is 39.3 Å². The Labute approximate surface area is 78.3 Å². The Kier molecular flexibility index (Phi) is 1.81. The Bertz CT molecular complexity index is 535. The van der Waals surface area contributed by atoms with Crippen molar-refractivity contribution < 1.29 is 0 Å². The second-order valence-electron chi connectivity index (χ2n) is 2.86. The SMILES string of the molecule is Cn1ccnc1-c1cc(=O)[nH]c(=O)[nH]1. The smallest absolute Gasteiger partial charge is 0.326 e. The first-order chi connectivity index (χ1) is 6.66. The number of hydrogen-bond acceptors (Lipinski definition) is 3. The number of nitrogens with zero attached hydrogens (tertiary/aromatic N) is 2. The first-order valence-corrected chi connectivity index (χ1v) is 3.98. The van der Waals surface area contributed by atoms with Crippen molar-refractivity contribution in [2.24, 2.45) is 7.05 Å². The molecule has 0 spiro atoms. The van der Waals surface area contributed by atoms with Gasteiger partial charge in [-0.2, -0.15) is 0 Å². The van der Waals surface area contributed by atoms with Gasteiger partial charge in [-0.05, 0) is 0 Å². The minimum absolute atomic E-state index is 0.409. The molecule has 14 heavy (non-hydrogen) atoms. The van der Waals surface area contributed by atoms with Crippen molar-refractivity contribution in [2.75, 3.05) is 0 Å². The normalized spacial score (nSPS) is 10.4. The number of hydrogen-bond donors (Lipinski definition) is 2. The molecule has 0 amide bonds. The number of aryl methyl sites for hydroxylation is 1. The van der Waals surface area contributed by atoms with E-state index in [1.807, 2.05) is 0 Å². The molecular formula is C8H8N4O2. The second kappa shape index (κ2) is 2.99. The van der Waals surface area contributed by atoms with Gasteiger partial charge in [-0.25, -0.2) is 9.78 Å². The van der Waals surface area contributed by atoms with E-state index in [2.05, 4.69) is 15.0 Å². The van der Waals surface area contributed by atoms with Gasteiger partial charge in [0, 0.05) is 25.5 Å². The van der Waals surface area contributed by atoms with Crippen molar-refractivity contribution in [3.8, 4) is 11.5 Å². The average Bonchev–Trinajstić information content (AvgIpc) is 2.49. The Balaban J connectivity index is 2.69. The zero-order valence-electron chi connectivity index (χ0n) is 7.44. The third-order valence-electron chi connectivity index (χ3n) is 1.82. The molecule has 6 heteroatoms. The van der Waals surface area contributed by atoms with E-state index >= 15 is 0 Å². The summed E-state index contributed by atoms with van der Waals surface area (Å²) in [4.78, 5) is 30.6. The Morgan fingerprint density at radius 3 is 2.71 bits per heavy atom. The fraction of sp³-hybridized carbons (Fsp3) is 0.125. The molecule has 0 aliphatic rings. The van der Waals surface area contributed by atoms with Crippen molar-refractivity contribution in [1.29, 1.82) is 0 Å². The predicted molar refractivity (Wildman–Crippen MR) is 49.9 cm³/mol. The zero-order valence-corrected chi connectivity index (χ0v) is 7.44. The van der Waals surface area contributed by atoms with Gasteiger partial charge < -0.3 is 9.55 Å². The summed E-state index contributed by atoms with van der Waals surface area (Å²) in [5.74, 6) is 0.549. The van der Waals surface area contributed by atoms with Crippen LogP contribution in [0.2, 0.25) is 0 Å². The number of aromatic nitrogens is 4. The topological polar surface area (TPSA) is 83.5 Å². The minimum Gasteiger partial charge on any atom is -0.333 e. The lowest BCUT2D eigenvalue weighted by Crippen LogP contribution is -2.22. The van der Waals surface area contributed by atoms with Gasteiger partial charge >= 0.3 is 5.69 Å².